The molecule has 0 saturated carbocycles. The maximum Gasteiger partial charge on any atom is 0.500 e. The van der Waals surface area contributed by atoms with Crippen LogP contribution < -0.4 is 0 Å². The summed E-state index contributed by atoms with van der Waals surface area (Å²) in [5.41, 5.74) is 0. The molecule has 4 nitrogen and oxygen atoms in total. The summed E-state index contributed by atoms with van der Waals surface area (Å²) in [6.45, 7) is 3.73. The normalized spacial score (nSPS) is 12.2. The van der Waals surface area contributed by atoms with Crippen LogP contribution in [0.2, 0.25) is 6.04 Å². The van der Waals surface area contributed by atoms with Gasteiger partial charge in [0.15, 0.2) is 0 Å². The Hall–Kier alpha value is 0.377. The minimum atomic E-state index is -2.46. The topological polar surface area (TPSA) is 51.5 Å². The van der Waals surface area contributed by atoms with Crippen molar-refractivity contribution in [2.24, 2.45) is 0 Å². The van der Waals surface area contributed by atoms with E-state index < -0.39 is 13.6 Å². The Balaban J connectivity index is 3.99. The molecule has 0 amide bonds. The highest BCUT2D eigenvalue weighted by Crippen LogP contribution is 2.31. The molecule has 0 aromatic rings. The molecule has 0 aliphatic carbocycles. The van der Waals surface area contributed by atoms with Gasteiger partial charge < -0.3 is 13.3 Å². The number of thioether (sulfide) groups is 2. The smallest absolute Gasteiger partial charge is 0.377 e. The highest BCUT2D eigenvalue weighted by molar-refractivity contribution is 8.47. The van der Waals surface area contributed by atoms with E-state index in [0.717, 1.165) is 21.7 Å². The number of nitriles is 1. The third-order valence-corrected chi connectivity index (χ3v) is 7.92. The molecule has 0 bridgehead atoms. The Morgan fingerprint density at radius 2 is 1.79 bits per heavy atom. The van der Waals surface area contributed by atoms with Crippen molar-refractivity contribution >= 4 is 48.1 Å². The van der Waals surface area contributed by atoms with Gasteiger partial charge in [0.05, 0.1) is 6.07 Å². The first kappa shape index (κ1) is 19.4. The van der Waals surface area contributed by atoms with Crippen molar-refractivity contribution in [3.8, 4) is 6.07 Å². The molecule has 0 N–H and O–H groups in total. The largest absolute Gasteiger partial charge is 0.500 e. The summed E-state index contributed by atoms with van der Waals surface area (Å²) in [6.07, 6.45) is 0.903. The number of hydrogen-bond acceptors (Lipinski definition) is 7. The van der Waals surface area contributed by atoms with Crippen LogP contribution in [-0.2, 0) is 13.3 Å². The molecule has 0 aliphatic heterocycles. The maximum atomic E-state index is 8.93. The van der Waals surface area contributed by atoms with Crippen molar-refractivity contribution in [2.45, 2.75) is 31.1 Å². The van der Waals surface area contributed by atoms with Crippen LogP contribution in [0.5, 0.6) is 0 Å². The van der Waals surface area contributed by atoms with Gasteiger partial charge in [0.2, 0.25) is 0 Å². The Bertz CT molecular complexity index is 321. The molecular formula is C11H21NO3S3Si. The van der Waals surface area contributed by atoms with Crippen molar-refractivity contribution in [1.29, 1.82) is 5.26 Å². The van der Waals surface area contributed by atoms with Gasteiger partial charge in [-0.1, -0.05) is 24.0 Å². The number of hydrogen-bond donors (Lipinski definition) is 0. The van der Waals surface area contributed by atoms with Crippen molar-refractivity contribution in [1.82, 2.24) is 0 Å². The monoisotopic (exact) mass is 339 g/mol. The lowest BCUT2D eigenvalue weighted by Gasteiger charge is -2.24. The van der Waals surface area contributed by atoms with E-state index in [1.165, 1.54) is 11.8 Å². The Labute approximate surface area is 130 Å². The molecule has 0 atom stereocenters. The fourth-order valence-corrected chi connectivity index (χ4v) is 6.14. The van der Waals surface area contributed by atoms with Crippen molar-refractivity contribution in [2.75, 3.05) is 27.1 Å². The highest BCUT2D eigenvalue weighted by atomic mass is 32.2. The van der Waals surface area contributed by atoms with Crippen LogP contribution in [0.1, 0.15) is 20.3 Å². The SMILES string of the molecule is CO[Si](CCCSC(=S)SC(C)(C)C#N)(OC)OC. The first-order valence-corrected chi connectivity index (χ1v) is 9.91. The lowest BCUT2D eigenvalue weighted by atomic mass is 10.2. The predicted molar refractivity (Wildman–Crippen MR) is 88.5 cm³/mol. The summed E-state index contributed by atoms with van der Waals surface area (Å²) in [5, 5.41) is 8.93. The summed E-state index contributed by atoms with van der Waals surface area (Å²) in [7, 11) is 2.38. The van der Waals surface area contributed by atoms with Crippen LogP contribution in [0, 0.1) is 11.3 Å². The lowest BCUT2D eigenvalue weighted by molar-refractivity contribution is 0.123. The van der Waals surface area contributed by atoms with E-state index in [2.05, 4.69) is 6.07 Å². The van der Waals surface area contributed by atoms with Crippen LogP contribution in [0.25, 0.3) is 0 Å². The summed E-state index contributed by atoms with van der Waals surface area (Å²) < 4.78 is 16.4. The van der Waals surface area contributed by atoms with E-state index >= 15 is 0 Å². The van der Waals surface area contributed by atoms with Gasteiger partial charge in [0, 0.05) is 27.4 Å². The molecule has 0 spiro atoms. The first-order chi connectivity index (χ1) is 8.84. The molecule has 0 radical (unpaired) electrons. The minimum Gasteiger partial charge on any atom is -0.377 e. The molecule has 0 saturated heterocycles. The maximum absolute atomic E-state index is 8.93. The van der Waals surface area contributed by atoms with Gasteiger partial charge in [-0.05, 0) is 26.0 Å². The zero-order chi connectivity index (χ0) is 14.9. The second-order valence-electron chi connectivity index (χ2n) is 4.22. The summed E-state index contributed by atoms with van der Waals surface area (Å²) in [6, 6.07) is 2.99. The summed E-state index contributed by atoms with van der Waals surface area (Å²) in [5.74, 6) is 0.873. The Kier molecular flexibility index (Phi) is 9.52. The fraction of sp³-hybridized carbons (Fsp3) is 0.818. The van der Waals surface area contributed by atoms with Crippen molar-refractivity contribution in [3.05, 3.63) is 0 Å². The van der Waals surface area contributed by atoms with Gasteiger partial charge in [0.1, 0.15) is 8.28 Å². The third kappa shape index (κ3) is 7.65. The van der Waals surface area contributed by atoms with Crippen molar-refractivity contribution < 1.29 is 13.3 Å². The highest BCUT2D eigenvalue weighted by Gasteiger charge is 2.36. The van der Waals surface area contributed by atoms with Crippen LogP contribution in [-0.4, -0.2) is 44.2 Å². The Morgan fingerprint density at radius 1 is 1.26 bits per heavy atom. The molecule has 0 aliphatic rings. The average Bonchev–Trinajstić information content (AvgIpc) is 2.39. The molecule has 0 unspecified atom stereocenters. The molecule has 0 heterocycles. The number of nitrogens with zero attached hydrogens (tertiary/aromatic N) is 1. The van der Waals surface area contributed by atoms with Gasteiger partial charge in [-0.3, -0.25) is 0 Å². The van der Waals surface area contributed by atoms with Crippen LogP contribution in [0.15, 0.2) is 0 Å². The van der Waals surface area contributed by atoms with E-state index in [0.29, 0.717) is 0 Å². The van der Waals surface area contributed by atoms with Gasteiger partial charge >= 0.3 is 8.80 Å². The lowest BCUT2D eigenvalue weighted by Crippen LogP contribution is -2.42. The standard InChI is InChI=1S/C11H21NO3S3Si/c1-11(2,9-12)18-10(16)17-7-6-8-19(13-3,14-4)15-5/h6-8H2,1-5H3. The average molecular weight is 340 g/mol. The van der Waals surface area contributed by atoms with Crippen LogP contribution in [0.3, 0.4) is 0 Å². The second-order valence-corrected chi connectivity index (χ2v) is 11.2. The predicted octanol–water partition coefficient (Wildman–Crippen LogP) is 3.31. The van der Waals surface area contributed by atoms with E-state index in [1.807, 2.05) is 13.8 Å². The quantitative estimate of drug-likeness (QED) is 0.382. The van der Waals surface area contributed by atoms with E-state index in [9.17, 15) is 0 Å². The first-order valence-electron chi connectivity index (χ1n) is 5.77. The molecule has 19 heavy (non-hydrogen) atoms. The zero-order valence-electron chi connectivity index (χ0n) is 12.0. The molecule has 0 aromatic heterocycles. The molecule has 0 aromatic carbocycles. The van der Waals surface area contributed by atoms with Gasteiger partial charge in [-0.15, -0.1) is 11.8 Å². The van der Waals surface area contributed by atoms with Gasteiger partial charge in [-0.2, -0.15) is 5.26 Å². The van der Waals surface area contributed by atoms with Crippen LogP contribution >= 0.6 is 35.7 Å². The minimum absolute atomic E-state index is 0.464. The van der Waals surface area contributed by atoms with Crippen molar-refractivity contribution in [3.63, 3.8) is 0 Å². The second kappa shape index (κ2) is 9.34. The molecule has 110 valence electrons. The molecule has 0 rings (SSSR count). The van der Waals surface area contributed by atoms with Crippen LogP contribution in [0.4, 0.5) is 0 Å². The van der Waals surface area contributed by atoms with E-state index in [4.69, 9.17) is 30.8 Å². The number of thiocarbonyl (C=S) groups is 1. The molecule has 0 fully saturated rings. The van der Waals surface area contributed by atoms with Gasteiger partial charge in [-0.25, -0.2) is 0 Å². The summed E-state index contributed by atoms with van der Waals surface area (Å²) in [4.78, 5) is 0. The number of rotatable bonds is 8. The summed E-state index contributed by atoms with van der Waals surface area (Å²) >= 11 is 8.27. The Morgan fingerprint density at radius 3 is 2.21 bits per heavy atom. The molecular weight excluding hydrogens is 318 g/mol. The zero-order valence-corrected chi connectivity index (χ0v) is 15.5. The van der Waals surface area contributed by atoms with E-state index in [1.54, 1.807) is 33.1 Å². The van der Waals surface area contributed by atoms with E-state index in [-0.39, 0.29) is 0 Å². The molecule has 8 heteroatoms. The van der Waals surface area contributed by atoms with Gasteiger partial charge in [0.25, 0.3) is 0 Å². The fourth-order valence-electron chi connectivity index (χ4n) is 1.26. The third-order valence-electron chi connectivity index (χ3n) is 2.39.